The molecule has 3 nitrogen and oxygen atoms in total. The van der Waals surface area contributed by atoms with E-state index in [1.54, 1.807) is 0 Å². The van der Waals surface area contributed by atoms with E-state index in [4.69, 9.17) is 4.74 Å². The summed E-state index contributed by atoms with van der Waals surface area (Å²) in [7, 11) is 0. The maximum Gasteiger partial charge on any atom is 0.132 e. The molecular weight excluding hydrogens is 729 g/mol. The number of benzene rings is 10. The number of nitrogens with zero attached hydrogens (tertiary/aromatic N) is 2. The first-order valence-electron chi connectivity index (χ1n) is 20.7. The summed E-state index contributed by atoms with van der Waals surface area (Å²) in [6.07, 6.45) is 0. The summed E-state index contributed by atoms with van der Waals surface area (Å²) in [5.74, 6) is 1.78. The van der Waals surface area contributed by atoms with Gasteiger partial charge in [-0.05, 0) is 87.6 Å². The van der Waals surface area contributed by atoms with E-state index < -0.39 is 5.41 Å². The number of anilines is 3. The van der Waals surface area contributed by atoms with E-state index in [1.807, 2.05) is 0 Å². The first-order valence-corrected chi connectivity index (χ1v) is 20.7. The van der Waals surface area contributed by atoms with Gasteiger partial charge < -0.3 is 14.2 Å². The van der Waals surface area contributed by atoms with Crippen molar-refractivity contribution >= 4 is 60.4 Å². The van der Waals surface area contributed by atoms with Crippen LogP contribution in [0.5, 0.6) is 11.5 Å². The summed E-state index contributed by atoms with van der Waals surface area (Å²) >= 11 is 0. The molecule has 2 heterocycles. The quantitative estimate of drug-likeness (QED) is 0.178. The fourth-order valence-corrected chi connectivity index (χ4v) is 10.7. The molecule has 0 fully saturated rings. The van der Waals surface area contributed by atoms with Gasteiger partial charge in [0.1, 0.15) is 11.5 Å². The number of hydrogen-bond donors (Lipinski definition) is 0. The molecule has 1 spiro atoms. The molecule has 0 bridgehead atoms. The zero-order valence-electron chi connectivity index (χ0n) is 32.6. The lowest BCUT2D eigenvalue weighted by Crippen LogP contribution is -2.36. The largest absolute Gasteiger partial charge is 0.457 e. The molecule has 0 atom stereocenters. The summed E-state index contributed by atoms with van der Waals surface area (Å²) in [4.78, 5) is 2.45. The zero-order chi connectivity index (χ0) is 39.4. The molecule has 280 valence electrons. The maximum atomic E-state index is 6.69. The topological polar surface area (TPSA) is 17.4 Å². The second-order valence-electron chi connectivity index (χ2n) is 16.0. The number of fused-ring (bicyclic) bond motifs is 12. The fraction of sp³-hybridized carbons (Fsp3) is 0.0175. The second-order valence-corrected chi connectivity index (χ2v) is 16.0. The molecule has 0 saturated heterocycles. The van der Waals surface area contributed by atoms with Gasteiger partial charge >= 0.3 is 0 Å². The summed E-state index contributed by atoms with van der Waals surface area (Å²) in [6, 6.07) is 79.8. The van der Waals surface area contributed by atoms with Gasteiger partial charge in [-0.25, -0.2) is 0 Å². The highest BCUT2D eigenvalue weighted by Gasteiger charge is 2.49. The van der Waals surface area contributed by atoms with Crippen LogP contribution >= 0.6 is 0 Å². The highest BCUT2D eigenvalue weighted by Crippen LogP contribution is 2.62. The van der Waals surface area contributed by atoms with Crippen LogP contribution in [0.3, 0.4) is 0 Å². The minimum Gasteiger partial charge on any atom is -0.457 e. The number of hydrogen-bond acceptors (Lipinski definition) is 2. The van der Waals surface area contributed by atoms with Gasteiger partial charge in [0, 0.05) is 44.0 Å². The van der Waals surface area contributed by atoms with Crippen molar-refractivity contribution in [2.75, 3.05) is 4.90 Å². The number of aromatic nitrogens is 1. The first kappa shape index (κ1) is 33.1. The Kier molecular flexibility index (Phi) is 6.93. The van der Waals surface area contributed by atoms with Crippen molar-refractivity contribution in [1.82, 2.24) is 4.57 Å². The molecular formula is C57H36N2O. The predicted molar refractivity (Wildman–Crippen MR) is 248 cm³/mol. The average Bonchev–Trinajstić information content (AvgIpc) is 3.64. The van der Waals surface area contributed by atoms with Gasteiger partial charge in [0.05, 0.1) is 27.8 Å². The third kappa shape index (κ3) is 4.44. The van der Waals surface area contributed by atoms with Crippen LogP contribution in [0.2, 0.25) is 0 Å². The molecule has 2 aliphatic rings. The summed E-state index contributed by atoms with van der Waals surface area (Å²) < 4.78 is 9.15. The second kappa shape index (κ2) is 12.6. The lowest BCUT2D eigenvalue weighted by atomic mass is 9.58. The molecule has 1 aliphatic carbocycles. The van der Waals surface area contributed by atoms with Crippen molar-refractivity contribution in [2.24, 2.45) is 0 Å². The minimum atomic E-state index is -0.594. The van der Waals surface area contributed by atoms with Crippen LogP contribution in [0.15, 0.2) is 218 Å². The van der Waals surface area contributed by atoms with Crippen molar-refractivity contribution < 1.29 is 4.74 Å². The third-order valence-electron chi connectivity index (χ3n) is 13.0. The summed E-state index contributed by atoms with van der Waals surface area (Å²) in [5, 5.41) is 7.36. The van der Waals surface area contributed by atoms with Crippen LogP contribution < -0.4 is 9.64 Å². The Morgan fingerprint density at radius 1 is 0.383 bits per heavy atom. The highest BCUT2D eigenvalue weighted by molar-refractivity contribution is 6.14. The Balaban J connectivity index is 1.12. The highest BCUT2D eigenvalue weighted by atomic mass is 16.5. The Morgan fingerprint density at radius 2 is 1.00 bits per heavy atom. The van der Waals surface area contributed by atoms with E-state index in [-0.39, 0.29) is 0 Å². The number of rotatable bonds is 4. The fourth-order valence-electron chi connectivity index (χ4n) is 10.7. The number of para-hydroxylation sites is 4. The van der Waals surface area contributed by atoms with E-state index in [0.29, 0.717) is 0 Å². The molecule has 3 heteroatoms. The summed E-state index contributed by atoms with van der Waals surface area (Å²) in [5.41, 5.74) is 13.6. The Bertz CT molecular complexity index is 3490. The van der Waals surface area contributed by atoms with Crippen LogP contribution in [0.4, 0.5) is 17.1 Å². The Morgan fingerprint density at radius 3 is 1.83 bits per heavy atom. The van der Waals surface area contributed by atoms with Crippen molar-refractivity contribution in [3.05, 3.63) is 241 Å². The minimum absolute atomic E-state index is 0.594. The zero-order valence-corrected chi connectivity index (χ0v) is 32.6. The van der Waals surface area contributed by atoms with E-state index in [2.05, 4.69) is 228 Å². The molecule has 0 amide bonds. The van der Waals surface area contributed by atoms with Gasteiger partial charge in [0.15, 0.2) is 0 Å². The third-order valence-corrected chi connectivity index (χ3v) is 13.0. The Hall–Kier alpha value is -7.88. The van der Waals surface area contributed by atoms with Crippen molar-refractivity contribution in [2.45, 2.75) is 5.41 Å². The van der Waals surface area contributed by atoms with Crippen LogP contribution in [0.1, 0.15) is 22.3 Å². The van der Waals surface area contributed by atoms with Crippen LogP contribution in [0.25, 0.3) is 60.2 Å². The summed E-state index contributed by atoms with van der Waals surface area (Å²) in [6.45, 7) is 0. The molecule has 1 aromatic heterocycles. The number of ether oxygens (including phenoxy) is 1. The van der Waals surface area contributed by atoms with Gasteiger partial charge in [0.25, 0.3) is 0 Å². The Labute approximate surface area is 347 Å². The smallest absolute Gasteiger partial charge is 0.132 e. The van der Waals surface area contributed by atoms with E-state index in [0.717, 1.165) is 45.2 Å². The lowest BCUT2D eigenvalue weighted by molar-refractivity contribution is 0.435. The molecule has 13 rings (SSSR count). The molecule has 0 saturated carbocycles. The first-order chi connectivity index (χ1) is 29.8. The average molecular weight is 765 g/mol. The van der Waals surface area contributed by atoms with Crippen LogP contribution in [-0.2, 0) is 5.41 Å². The predicted octanol–water partition coefficient (Wildman–Crippen LogP) is 15.0. The van der Waals surface area contributed by atoms with E-state index in [1.165, 1.54) is 65.8 Å². The molecule has 0 radical (unpaired) electrons. The van der Waals surface area contributed by atoms with Gasteiger partial charge in [-0.15, -0.1) is 0 Å². The van der Waals surface area contributed by atoms with Gasteiger partial charge in [0.2, 0.25) is 0 Å². The maximum absolute atomic E-state index is 6.69. The van der Waals surface area contributed by atoms with E-state index >= 15 is 0 Å². The molecule has 10 aromatic carbocycles. The SMILES string of the molecule is c1ccc(N(c2ccc3c4ccccc4n(-c4cccc5ccccc45)c3c2)c2ccc3c4c(cccc24)C2(c4ccccc4Oc4ccccc42)c2ccccc2-3)cc1. The van der Waals surface area contributed by atoms with Gasteiger partial charge in [-0.2, -0.15) is 0 Å². The molecule has 1 aliphatic heterocycles. The monoisotopic (exact) mass is 764 g/mol. The molecule has 0 unspecified atom stereocenters. The normalized spacial score (nSPS) is 13.3. The van der Waals surface area contributed by atoms with Crippen molar-refractivity contribution in [1.29, 1.82) is 0 Å². The van der Waals surface area contributed by atoms with E-state index in [9.17, 15) is 0 Å². The molecule has 0 N–H and O–H groups in total. The van der Waals surface area contributed by atoms with Crippen molar-refractivity contribution in [3.63, 3.8) is 0 Å². The molecule has 60 heavy (non-hydrogen) atoms. The lowest BCUT2D eigenvalue weighted by Gasteiger charge is -2.45. The molecule has 11 aromatic rings. The van der Waals surface area contributed by atoms with Gasteiger partial charge in [-0.1, -0.05) is 164 Å². The van der Waals surface area contributed by atoms with Crippen molar-refractivity contribution in [3.8, 4) is 28.3 Å². The van der Waals surface area contributed by atoms with Gasteiger partial charge in [-0.3, -0.25) is 0 Å². The van der Waals surface area contributed by atoms with Crippen LogP contribution in [-0.4, -0.2) is 4.57 Å². The standard InChI is InChI=1S/C57H36N2O/c1-2-18-38(19-3-1)58(39-32-33-43-42-22-7-11-28-51(42)59(53(43)36-39)50-29-14-17-37-16-4-5-20-40(37)50)52-35-34-44-41-21-6-8-24-46(41)57(49-27-15-23-45(52)56(44)49)47-25-9-12-30-54(47)60-55-31-13-10-26-48(55)57/h1-36H. The van der Waals surface area contributed by atoms with Crippen LogP contribution in [0, 0.1) is 0 Å².